The van der Waals surface area contributed by atoms with Gasteiger partial charge >= 0.3 is 0 Å². The first-order valence-corrected chi connectivity index (χ1v) is 9.26. The summed E-state index contributed by atoms with van der Waals surface area (Å²) < 4.78 is 3.68. The van der Waals surface area contributed by atoms with Crippen LogP contribution in [0, 0.1) is 13.8 Å². The Bertz CT molecular complexity index is 1160. The monoisotopic (exact) mass is 374 g/mol. The number of fused-ring (bicyclic) bond motifs is 1. The molecule has 0 aliphatic rings. The molecular weight excluding hydrogens is 352 g/mol. The molecule has 0 fully saturated rings. The fraction of sp³-hybridized carbons (Fsp3) is 0.286. The lowest BCUT2D eigenvalue weighted by Gasteiger charge is -2.05. The highest BCUT2D eigenvalue weighted by molar-refractivity contribution is 5.84. The third-order valence-corrected chi connectivity index (χ3v) is 4.77. The van der Waals surface area contributed by atoms with Gasteiger partial charge in [0.15, 0.2) is 0 Å². The summed E-state index contributed by atoms with van der Waals surface area (Å²) in [5, 5.41) is 9.76. The molecule has 142 valence electrons. The summed E-state index contributed by atoms with van der Waals surface area (Å²) in [6, 6.07) is 7.85. The second-order valence-electron chi connectivity index (χ2n) is 7.06. The Morgan fingerprint density at radius 3 is 2.68 bits per heavy atom. The van der Waals surface area contributed by atoms with Crippen molar-refractivity contribution in [3.05, 3.63) is 65.6 Å². The van der Waals surface area contributed by atoms with E-state index in [2.05, 4.69) is 20.2 Å². The number of pyridine rings is 2. The van der Waals surface area contributed by atoms with Crippen LogP contribution in [0.4, 0.5) is 0 Å². The van der Waals surface area contributed by atoms with E-state index in [-0.39, 0.29) is 5.78 Å². The Labute approximate surface area is 163 Å². The van der Waals surface area contributed by atoms with Crippen molar-refractivity contribution in [3.8, 4) is 5.69 Å². The lowest BCUT2D eigenvalue weighted by atomic mass is 10.1. The Morgan fingerprint density at radius 1 is 1.07 bits per heavy atom. The van der Waals surface area contributed by atoms with Gasteiger partial charge in [-0.25, -0.2) is 4.68 Å². The standard InChI is InChI=1S/C21H22N6O/c1-14-8-19(6-7-22-14)27-21-13-23-17(10-16(21)12-24-27)11-20(28)5-4-18-9-15(2)25-26(18)3/h6-10,12-13H,4-5,11H2,1-3H3. The molecule has 0 aliphatic carbocycles. The predicted molar refractivity (Wildman–Crippen MR) is 106 cm³/mol. The van der Waals surface area contributed by atoms with E-state index in [1.807, 2.05) is 54.5 Å². The number of rotatable bonds is 6. The van der Waals surface area contributed by atoms with E-state index in [4.69, 9.17) is 0 Å². The van der Waals surface area contributed by atoms with Crippen LogP contribution >= 0.6 is 0 Å². The maximum Gasteiger partial charge on any atom is 0.139 e. The quantitative estimate of drug-likeness (QED) is 0.518. The molecule has 4 heterocycles. The largest absolute Gasteiger partial charge is 0.299 e. The van der Waals surface area contributed by atoms with Crippen LogP contribution < -0.4 is 0 Å². The van der Waals surface area contributed by atoms with Crippen molar-refractivity contribution in [1.82, 2.24) is 29.5 Å². The van der Waals surface area contributed by atoms with Crippen molar-refractivity contribution in [2.24, 2.45) is 7.05 Å². The highest BCUT2D eigenvalue weighted by atomic mass is 16.1. The van der Waals surface area contributed by atoms with Gasteiger partial charge in [-0.15, -0.1) is 0 Å². The Hall–Kier alpha value is -3.35. The van der Waals surface area contributed by atoms with Gasteiger partial charge in [-0.2, -0.15) is 10.2 Å². The molecular formula is C21H22N6O. The van der Waals surface area contributed by atoms with E-state index in [0.717, 1.165) is 39.4 Å². The second-order valence-corrected chi connectivity index (χ2v) is 7.06. The zero-order chi connectivity index (χ0) is 19.7. The minimum atomic E-state index is 0.169. The molecule has 0 radical (unpaired) electrons. The first-order valence-electron chi connectivity index (χ1n) is 9.26. The number of carbonyl (C=O) groups is 1. The first-order chi connectivity index (χ1) is 13.5. The van der Waals surface area contributed by atoms with Crippen molar-refractivity contribution < 1.29 is 4.79 Å². The van der Waals surface area contributed by atoms with Crippen LogP contribution in [0.1, 0.15) is 29.2 Å². The minimum absolute atomic E-state index is 0.169. The molecule has 7 nitrogen and oxygen atoms in total. The third kappa shape index (κ3) is 3.69. The number of aryl methyl sites for hydroxylation is 4. The van der Waals surface area contributed by atoms with Crippen molar-refractivity contribution in [3.63, 3.8) is 0 Å². The van der Waals surface area contributed by atoms with Crippen LogP contribution in [0.2, 0.25) is 0 Å². The maximum atomic E-state index is 12.4. The molecule has 0 saturated carbocycles. The zero-order valence-electron chi connectivity index (χ0n) is 16.3. The number of ketones is 1. The zero-order valence-corrected chi connectivity index (χ0v) is 16.3. The van der Waals surface area contributed by atoms with E-state index in [9.17, 15) is 4.79 Å². The Morgan fingerprint density at radius 2 is 1.93 bits per heavy atom. The Balaban J connectivity index is 1.48. The highest BCUT2D eigenvalue weighted by Crippen LogP contribution is 2.19. The van der Waals surface area contributed by atoms with Gasteiger partial charge < -0.3 is 0 Å². The smallest absolute Gasteiger partial charge is 0.139 e. The van der Waals surface area contributed by atoms with Crippen LogP contribution in [0.5, 0.6) is 0 Å². The van der Waals surface area contributed by atoms with E-state index < -0.39 is 0 Å². The summed E-state index contributed by atoms with van der Waals surface area (Å²) >= 11 is 0. The van der Waals surface area contributed by atoms with Crippen LogP contribution in [-0.2, 0) is 24.7 Å². The van der Waals surface area contributed by atoms with Gasteiger partial charge in [0.05, 0.1) is 29.3 Å². The lowest BCUT2D eigenvalue weighted by molar-refractivity contribution is -0.118. The van der Waals surface area contributed by atoms with Gasteiger partial charge in [-0.3, -0.25) is 19.4 Å². The fourth-order valence-corrected chi connectivity index (χ4v) is 3.39. The predicted octanol–water partition coefficient (Wildman–Crippen LogP) is 2.91. The van der Waals surface area contributed by atoms with E-state index in [1.165, 1.54) is 0 Å². The molecule has 0 unspecified atom stereocenters. The second kappa shape index (κ2) is 7.34. The summed E-state index contributed by atoms with van der Waals surface area (Å²) in [6.45, 7) is 3.90. The van der Waals surface area contributed by atoms with Gasteiger partial charge in [0, 0.05) is 48.6 Å². The molecule has 0 bridgehead atoms. The summed E-state index contributed by atoms with van der Waals surface area (Å²) in [5.74, 6) is 0.169. The Kier molecular flexibility index (Phi) is 4.73. The van der Waals surface area contributed by atoms with Crippen LogP contribution in [0.25, 0.3) is 16.6 Å². The number of nitrogens with zero attached hydrogens (tertiary/aromatic N) is 6. The van der Waals surface area contributed by atoms with Crippen LogP contribution in [0.3, 0.4) is 0 Å². The van der Waals surface area contributed by atoms with Gasteiger partial charge in [-0.05, 0) is 44.5 Å². The summed E-state index contributed by atoms with van der Waals surface area (Å²) in [6.07, 6.45) is 6.85. The molecule has 0 atom stereocenters. The van der Waals surface area contributed by atoms with E-state index in [1.54, 1.807) is 18.6 Å². The van der Waals surface area contributed by atoms with E-state index >= 15 is 0 Å². The van der Waals surface area contributed by atoms with Crippen LogP contribution in [-0.4, -0.2) is 35.3 Å². The number of carbonyl (C=O) groups excluding carboxylic acids is 1. The highest BCUT2D eigenvalue weighted by Gasteiger charge is 2.11. The topological polar surface area (TPSA) is 78.5 Å². The van der Waals surface area contributed by atoms with Gasteiger partial charge in [0.2, 0.25) is 0 Å². The number of hydrogen-bond acceptors (Lipinski definition) is 5. The first kappa shape index (κ1) is 18.0. The molecule has 0 saturated heterocycles. The maximum absolute atomic E-state index is 12.4. The molecule has 4 rings (SSSR count). The number of hydrogen-bond donors (Lipinski definition) is 0. The number of aromatic nitrogens is 6. The van der Waals surface area contributed by atoms with E-state index in [0.29, 0.717) is 19.3 Å². The average molecular weight is 374 g/mol. The van der Waals surface area contributed by atoms with Crippen molar-refractivity contribution >= 4 is 16.7 Å². The number of Topliss-reactive ketones (excluding diaryl/α,β-unsaturated/α-hetero) is 1. The molecule has 0 N–H and O–H groups in total. The average Bonchev–Trinajstić information content (AvgIpc) is 3.22. The van der Waals surface area contributed by atoms with Crippen molar-refractivity contribution in [2.45, 2.75) is 33.1 Å². The molecule has 7 heteroatoms. The summed E-state index contributed by atoms with van der Waals surface area (Å²) in [7, 11) is 1.91. The molecule has 0 amide bonds. The molecule has 28 heavy (non-hydrogen) atoms. The lowest BCUT2D eigenvalue weighted by Crippen LogP contribution is -2.08. The van der Waals surface area contributed by atoms with Gasteiger partial charge in [0.25, 0.3) is 0 Å². The van der Waals surface area contributed by atoms with Crippen molar-refractivity contribution in [2.75, 3.05) is 0 Å². The van der Waals surface area contributed by atoms with Crippen molar-refractivity contribution in [1.29, 1.82) is 0 Å². The van der Waals surface area contributed by atoms with Crippen LogP contribution in [0.15, 0.2) is 42.9 Å². The van der Waals surface area contributed by atoms with Gasteiger partial charge in [-0.1, -0.05) is 0 Å². The SMILES string of the molecule is Cc1cc(-n2ncc3cc(CC(=O)CCc4cc(C)nn4C)ncc32)ccn1. The molecule has 4 aromatic heterocycles. The van der Waals surface area contributed by atoms with Gasteiger partial charge in [0.1, 0.15) is 5.78 Å². The fourth-order valence-electron chi connectivity index (χ4n) is 3.39. The summed E-state index contributed by atoms with van der Waals surface area (Å²) in [5.41, 5.74) is 5.59. The molecule has 4 aromatic rings. The third-order valence-electron chi connectivity index (χ3n) is 4.77. The molecule has 0 spiro atoms. The molecule has 0 aromatic carbocycles. The minimum Gasteiger partial charge on any atom is -0.299 e. The molecule has 0 aliphatic heterocycles. The normalized spacial score (nSPS) is 11.2. The summed E-state index contributed by atoms with van der Waals surface area (Å²) in [4.78, 5) is 21.1.